The Bertz CT molecular complexity index is 1150. The first-order valence-electron chi connectivity index (χ1n) is 10.00. The number of hydrogen-bond acceptors (Lipinski definition) is 6. The van der Waals surface area contributed by atoms with Gasteiger partial charge in [0.25, 0.3) is 5.91 Å². The Kier molecular flexibility index (Phi) is 6.06. The normalized spacial score (nSPS) is 14.9. The molecule has 2 heterocycles. The van der Waals surface area contributed by atoms with Gasteiger partial charge in [-0.05, 0) is 61.4 Å². The number of methoxy groups -OCH3 is 1. The van der Waals surface area contributed by atoms with Crippen LogP contribution in [0.15, 0.2) is 64.0 Å². The van der Waals surface area contributed by atoms with E-state index in [0.717, 1.165) is 24.8 Å². The van der Waals surface area contributed by atoms with E-state index in [9.17, 15) is 13.2 Å². The van der Waals surface area contributed by atoms with Crippen molar-refractivity contribution in [1.82, 2.24) is 9.46 Å². The molecule has 1 aliphatic heterocycles. The topological polar surface area (TPSA) is 102 Å². The van der Waals surface area contributed by atoms with E-state index in [0.29, 0.717) is 30.3 Å². The lowest BCUT2D eigenvalue weighted by atomic mass is 10.1. The molecular formula is C22H23N3O5S. The van der Waals surface area contributed by atoms with Crippen LogP contribution in [-0.2, 0) is 10.0 Å². The monoisotopic (exact) mass is 441 g/mol. The molecular weight excluding hydrogens is 418 g/mol. The largest absolute Gasteiger partial charge is 0.497 e. The van der Waals surface area contributed by atoms with Gasteiger partial charge in [0.1, 0.15) is 5.75 Å². The Hall–Kier alpha value is -3.17. The van der Waals surface area contributed by atoms with Crippen molar-refractivity contribution < 1.29 is 22.5 Å². The maximum Gasteiger partial charge on any atom is 0.277 e. The summed E-state index contributed by atoms with van der Waals surface area (Å²) in [5, 5.41) is 6.54. The molecule has 1 amide bonds. The van der Waals surface area contributed by atoms with Crippen LogP contribution < -0.4 is 10.1 Å². The van der Waals surface area contributed by atoms with Gasteiger partial charge in [-0.3, -0.25) is 4.79 Å². The number of aromatic nitrogens is 1. The summed E-state index contributed by atoms with van der Waals surface area (Å²) < 4.78 is 37.4. The van der Waals surface area contributed by atoms with Gasteiger partial charge in [-0.1, -0.05) is 11.6 Å². The quantitative estimate of drug-likeness (QED) is 0.625. The van der Waals surface area contributed by atoms with E-state index in [1.54, 1.807) is 37.4 Å². The van der Waals surface area contributed by atoms with Crippen LogP contribution in [0.4, 0.5) is 5.69 Å². The van der Waals surface area contributed by atoms with Crippen molar-refractivity contribution in [3.8, 4) is 17.1 Å². The number of carbonyl (C=O) groups is 1. The first-order chi connectivity index (χ1) is 15.0. The highest BCUT2D eigenvalue weighted by Gasteiger charge is 2.25. The molecule has 8 nitrogen and oxygen atoms in total. The average molecular weight is 442 g/mol. The van der Waals surface area contributed by atoms with Crippen LogP contribution in [0.2, 0.25) is 0 Å². The smallest absolute Gasteiger partial charge is 0.277 e. The molecule has 1 aliphatic rings. The van der Waals surface area contributed by atoms with Gasteiger partial charge in [-0.15, -0.1) is 0 Å². The molecule has 1 fully saturated rings. The summed E-state index contributed by atoms with van der Waals surface area (Å²) >= 11 is 0. The first kappa shape index (κ1) is 21.1. The molecule has 0 spiro atoms. The molecule has 0 radical (unpaired) electrons. The molecule has 1 saturated heterocycles. The minimum Gasteiger partial charge on any atom is -0.497 e. The number of hydrogen-bond donors (Lipinski definition) is 1. The average Bonchev–Trinajstić information content (AvgIpc) is 3.31. The SMILES string of the molecule is COc1ccc(-c2cc(C(=O)Nc3ccc(S(=O)(=O)N4CCCCC4)cc3)no2)cc1. The van der Waals surface area contributed by atoms with Gasteiger partial charge in [-0.25, -0.2) is 8.42 Å². The zero-order valence-corrected chi connectivity index (χ0v) is 17.9. The minimum absolute atomic E-state index is 0.121. The number of piperidine rings is 1. The Morgan fingerprint density at radius 3 is 2.35 bits per heavy atom. The Balaban J connectivity index is 1.43. The molecule has 162 valence electrons. The van der Waals surface area contributed by atoms with Crippen molar-refractivity contribution in [3.63, 3.8) is 0 Å². The maximum atomic E-state index is 12.7. The van der Waals surface area contributed by atoms with E-state index in [1.807, 2.05) is 12.1 Å². The number of rotatable bonds is 6. The van der Waals surface area contributed by atoms with Crippen molar-refractivity contribution in [1.29, 1.82) is 0 Å². The molecule has 4 rings (SSSR count). The van der Waals surface area contributed by atoms with Gasteiger partial charge in [0, 0.05) is 30.4 Å². The summed E-state index contributed by atoms with van der Waals surface area (Å²) in [6.45, 7) is 1.09. The third-order valence-electron chi connectivity index (χ3n) is 5.18. The highest BCUT2D eigenvalue weighted by molar-refractivity contribution is 7.89. The first-order valence-corrected chi connectivity index (χ1v) is 11.4. The number of ether oxygens (including phenoxy) is 1. The molecule has 0 atom stereocenters. The van der Waals surface area contributed by atoms with Crippen LogP contribution in [0.25, 0.3) is 11.3 Å². The molecule has 0 aliphatic carbocycles. The molecule has 0 bridgehead atoms. The molecule has 1 N–H and O–H groups in total. The Morgan fingerprint density at radius 1 is 1.03 bits per heavy atom. The Morgan fingerprint density at radius 2 is 1.71 bits per heavy atom. The fourth-order valence-electron chi connectivity index (χ4n) is 3.43. The van der Waals surface area contributed by atoms with Crippen LogP contribution in [0.1, 0.15) is 29.8 Å². The third-order valence-corrected chi connectivity index (χ3v) is 7.10. The lowest BCUT2D eigenvalue weighted by molar-refractivity contribution is 0.101. The van der Waals surface area contributed by atoms with Crippen molar-refractivity contribution >= 4 is 21.6 Å². The van der Waals surface area contributed by atoms with E-state index in [4.69, 9.17) is 9.26 Å². The molecule has 2 aromatic carbocycles. The van der Waals surface area contributed by atoms with Gasteiger partial charge in [-0.2, -0.15) is 4.31 Å². The van der Waals surface area contributed by atoms with Gasteiger partial charge in [0.15, 0.2) is 11.5 Å². The number of nitrogens with zero attached hydrogens (tertiary/aromatic N) is 2. The van der Waals surface area contributed by atoms with Gasteiger partial charge in [0.05, 0.1) is 12.0 Å². The molecule has 3 aromatic rings. The molecule has 31 heavy (non-hydrogen) atoms. The Labute approximate surface area is 180 Å². The van der Waals surface area contributed by atoms with Gasteiger partial charge in [0.2, 0.25) is 10.0 Å². The second-order valence-corrected chi connectivity index (χ2v) is 9.19. The minimum atomic E-state index is -3.51. The van der Waals surface area contributed by atoms with E-state index in [1.165, 1.54) is 16.4 Å². The lowest BCUT2D eigenvalue weighted by Crippen LogP contribution is -2.35. The number of anilines is 1. The second kappa shape index (κ2) is 8.91. The van der Waals surface area contributed by atoms with E-state index < -0.39 is 15.9 Å². The van der Waals surface area contributed by atoms with E-state index in [2.05, 4.69) is 10.5 Å². The molecule has 1 aromatic heterocycles. The van der Waals surface area contributed by atoms with E-state index >= 15 is 0 Å². The summed E-state index contributed by atoms with van der Waals surface area (Å²) in [6.07, 6.45) is 2.81. The van der Waals surface area contributed by atoms with Crippen LogP contribution in [0.3, 0.4) is 0 Å². The summed E-state index contributed by atoms with van der Waals surface area (Å²) in [4.78, 5) is 12.7. The van der Waals surface area contributed by atoms with Crippen LogP contribution in [-0.4, -0.2) is 44.0 Å². The number of benzene rings is 2. The fraction of sp³-hybridized carbons (Fsp3) is 0.273. The highest BCUT2D eigenvalue weighted by Crippen LogP contribution is 2.24. The second-order valence-electron chi connectivity index (χ2n) is 7.25. The van der Waals surface area contributed by atoms with Crippen molar-refractivity contribution in [3.05, 3.63) is 60.3 Å². The van der Waals surface area contributed by atoms with Crippen molar-refractivity contribution in [2.45, 2.75) is 24.2 Å². The summed E-state index contributed by atoms with van der Waals surface area (Å²) in [6, 6.07) is 14.9. The van der Waals surface area contributed by atoms with Crippen LogP contribution in [0, 0.1) is 0 Å². The van der Waals surface area contributed by atoms with Crippen LogP contribution >= 0.6 is 0 Å². The lowest BCUT2D eigenvalue weighted by Gasteiger charge is -2.25. The molecule has 9 heteroatoms. The predicted molar refractivity (Wildman–Crippen MR) is 115 cm³/mol. The number of carbonyl (C=O) groups excluding carboxylic acids is 1. The highest BCUT2D eigenvalue weighted by atomic mass is 32.2. The van der Waals surface area contributed by atoms with Gasteiger partial charge < -0.3 is 14.6 Å². The maximum absolute atomic E-state index is 12.7. The third kappa shape index (κ3) is 4.62. The van der Waals surface area contributed by atoms with Crippen molar-refractivity contribution in [2.24, 2.45) is 0 Å². The number of amides is 1. The fourth-order valence-corrected chi connectivity index (χ4v) is 4.95. The van der Waals surface area contributed by atoms with Gasteiger partial charge >= 0.3 is 0 Å². The molecule has 0 unspecified atom stereocenters. The number of sulfonamides is 1. The summed E-state index contributed by atoms with van der Waals surface area (Å²) in [7, 11) is -1.92. The van der Waals surface area contributed by atoms with Crippen molar-refractivity contribution in [2.75, 3.05) is 25.5 Å². The van der Waals surface area contributed by atoms with Crippen LogP contribution in [0.5, 0.6) is 5.75 Å². The zero-order chi connectivity index (χ0) is 21.8. The summed E-state index contributed by atoms with van der Waals surface area (Å²) in [5.74, 6) is 0.720. The zero-order valence-electron chi connectivity index (χ0n) is 17.1. The predicted octanol–water partition coefficient (Wildman–Crippen LogP) is 3.78. The summed E-state index contributed by atoms with van der Waals surface area (Å²) in [5.41, 5.74) is 1.35. The molecule has 0 saturated carbocycles. The number of nitrogens with one attached hydrogen (secondary N) is 1. The standard InChI is InChI=1S/C22H23N3O5S/c1-29-18-9-5-16(6-10-18)21-15-20(24-30-21)22(26)23-17-7-11-19(12-8-17)31(27,28)25-13-3-2-4-14-25/h5-12,15H,2-4,13-14H2,1H3,(H,23,26). The van der Waals surface area contributed by atoms with E-state index in [-0.39, 0.29) is 10.6 Å².